The van der Waals surface area contributed by atoms with Crippen molar-refractivity contribution in [3.05, 3.63) is 0 Å². The van der Waals surface area contributed by atoms with Crippen molar-refractivity contribution in [1.82, 2.24) is 20.9 Å². The van der Waals surface area contributed by atoms with Gasteiger partial charge >= 0.3 is 6.03 Å². The van der Waals surface area contributed by atoms with Crippen molar-refractivity contribution in [2.45, 2.75) is 31.8 Å². The van der Waals surface area contributed by atoms with Gasteiger partial charge in [0.25, 0.3) is 0 Å². The Balaban J connectivity index is 1.65. The standard InChI is InChI=1S/C12H24N4O/c1-16-7-3-2-4-11(16)15-12(17)14-9-10-5-6-13-8-10/h10-11,13H,2-9H2,1H3,(H2,14,15,17). The number of hydrogen-bond donors (Lipinski definition) is 3. The van der Waals surface area contributed by atoms with Crippen LogP contribution in [-0.2, 0) is 0 Å². The molecular formula is C12H24N4O. The lowest BCUT2D eigenvalue weighted by Gasteiger charge is -2.32. The number of nitrogens with zero attached hydrogens (tertiary/aromatic N) is 1. The van der Waals surface area contributed by atoms with E-state index in [2.05, 4.69) is 27.9 Å². The molecule has 0 aliphatic carbocycles. The maximum Gasteiger partial charge on any atom is 0.316 e. The molecule has 2 aliphatic rings. The molecule has 5 nitrogen and oxygen atoms in total. The zero-order valence-corrected chi connectivity index (χ0v) is 10.7. The molecule has 98 valence electrons. The molecule has 0 radical (unpaired) electrons. The van der Waals surface area contributed by atoms with Crippen LogP contribution in [0.25, 0.3) is 0 Å². The maximum atomic E-state index is 11.7. The van der Waals surface area contributed by atoms with Crippen LogP contribution in [0.1, 0.15) is 25.7 Å². The van der Waals surface area contributed by atoms with Gasteiger partial charge in [-0.2, -0.15) is 0 Å². The van der Waals surface area contributed by atoms with E-state index < -0.39 is 0 Å². The number of carbonyl (C=O) groups excluding carboxylic acids is 1. The first-order valence-corrected chi connectivity index (χ1v) is 6.71. The average Bonchev–Trinajstić information content (AvgIpc) is 2.82. The smallest absolute Gasteiger partial charge is 0.316 e. The van der Waals surface area contributed by atoms with Crippen molar-refractivity contribution in [1.29, 1.82) is 0 Å². The van der Waals surface area contributed by atoms with Gasteiger partial charge in [0.1, 0.15) is 0 Å². The summed E-state index contributed by atoms with van der Waals surface area (Å²) in [6.45, 7) is 3.98. The van der Waals surface area contributed by atoms with E-state index in [0.717, 1.165) is 32.6 Å². The Morgan fingerprint density at radius 1 is 1.41 bits per heavy atom. The lowest BCUT2D eigenvalue weighted by atomic mass is 10.1. The molecule has 2 saturated heterocycles. The molecule has 5 heteroatoms. The molecule has 17 heavy (non-hydrogen) atoms. The van der Waals surface area contributed by atoms with Gasteiger partial charge in [0.15, 0.2) is 0 Å². The number of nitrogens with one attached hydrogen (secondary N) is 3. The second kappa shape index (κ2) is 6.21. The summed E-state index contributed by atoms with van der Waals surface area (Å²) < 4.78 is 0. The zero-order valence-electron chi connectivity index (χ0n) is 10.7. The van der Waals surface area contributed by atoms with E-state index in [4.69, 9.17) is 0 Å². The summed E-state index contributed by atoms with van der Waals surface area (Å²) in [6, 6.07) is -0.0179. The highest BCUT2D eigenvalue weighted by molar-refractivity contribution is 5.74. The molecule has 0 saturated carbocycles. The molecule has 2 fully saturated rings. The van der Waals surface area contributed by atoms with E-state index in [-0.39, 0.29) is 12.2 Å². The van der Waals surface area contributed by atoms with E-state index in [1.54, 1.807) is 0 Å². The van der Waals surface area contributed by atoms with Crippen molar-refractivity contribution in [3.8, 4) is 0 Å². The maximum absolute atomic E-state index is 11.7. The molecule has 3 N–H and O–H groups in total. The van der Waals surface area contributed by atoms with Crippen molar-refractivity contribution < 1.29 is 4.79 Å². The van der Waals surface area contributed by atoms with Crippen LogP contribution < -0.4 is 16.0 Å². The quantitative estimate of drug-likeness (QED) is 0.666. The van der Waals surface area contributed by atoms with E-state index >= 15 is 0 Å². The molecule has 0 aromatic carbocycles. The van der Waals surface area contributed by atoms with Gasteiger partial charge in [-0.15, -0.1) is 0 Å². The number of piperidine rings is 1. The van der Waals surface area contributed by atoms with Gasteiger partial charge < -0.3 is 16.0 Å². The molecule has 2 atom stereocenters. The normalized spacial score (nSPS) is 30.2. The van der Waals surface area contributed by atoms with Crippen LogP contribution in [-0.4, -0.2) is 50.3 Å². The van der Waals surface area contributed by atoms with Gasteiger partial charge in [0.05, 0.1) is 6.17 Å². The van der Waals surface area contributed by atoms with Gasteiger partial charge in [-0.05, 0) is 58.3 Å². The Hall–Kier alpha value is -0.810. The lowest BCUT2D eigenvalue weighted by Crippen LogP contribution is -2.52. The van der Waals surface area contributed by atoms with Crippen LogP contribution in [0.4, 0.5) is 4.79 Å². The van der Waals surface area contributed by atoms with Crippen LogP contribution in [0.2, 0.25) is 0 Å². The van der Waals surface area contributed by atoms with Crippen molar-refractivity contribution in [2.75, 3.05) is 33.2 Å². The molecule has 0 aromatic rings. The predicted molar refractivity (Wildman–Crippen MR) is 67.8 cm³/mol. The predicted octanol–water partition coefficient (Wildman–Crippen LogP) is 0.337. The second-order valence-electron chi connectivity index (χ2n) is 5.21. The molecule has 2 heterocycles. The number of likely N-dealkylation sites (tertiary alicyclic amines) is 1. The fourth-order valence-corrected chi connectivity index (χ4v) is 2.59. The van der Waals surface area contributed by atoms with Crippen LogP contribution >= 0.6 is 0 Å². The van der Waals surface area contributed by atoms with Crippen LogP contribution in [0, 0.1) is 5.92 Å². The summed E-state index contributed by atoms with van der Waals surface area (Å²) in [5.74, 6) is 0.602. The fraction of sp³-hybridized carbons (Fsp3) is 0.917. The topological polar surface area (TPSA) is 56.4 Å². The highest BCUT2D eigenvalue weighted by Crippen LogP contribution is 2.12. The minimum absolute atomic E-state index is 0.0179. The SMILES string of the molecule is CN1CCCCC1NC(=O)NCC1CCNC1. The zero-order chi connectivity index (χ0) is 12.1. The Kier molecular flexibility index (Phi) is 4.62. The molecule has 2 aliphatic heterocycles. The van der Waals surface area contributed by atoms with Gasteiger partial charge in [-0.25, -0.2) is 4.79 Å². The van der Waals surface area contributed by atoms with Crippen molar-refractivity contribution in [3.63, 3.8) is 0 Å². The Labute approximate surface area is 103 Å². The Morgan fingerprint density at radius 2 is 2.29 bits per heavy atom. The number of hydrogen-bond acceptors (Lipinski definition) is 3. The van der Waals surface area contributed by atoms with Crippen LogP contribution in [0.15, 0.2) is 0 Å². The highest BCUT2D eigenvalue weighted by atomic mass is 16.2. The number of amides is 2. The molecule has 2 rings (SSSR count). The first-order valence-electron chi connectivity index (χ1n) is 6.71. The third kappa shape index (κ3) is 3.85. The molecular weight excluding hydrogens is 216 g/mol. The summed E-state index contributed by atoms with van der Waals surface area (Å²) in [7, 11) is 2.07. The Morgan fingerprint density at radius 3 is 3.00 bits per heavy atom. The molecule has 0 bridgehead atoms. The van der Waals surface area contributed by atoms with Crippen molar-refractivity contribution >= 4 is 6.03 Å². The van der Waals surface area contributed by atoms with E-state index in [9.17, 15) is 4.79 Å². The number of carbonyl (C=O) groups is 1. The average molecular weight is 240 g/mol. The van der Waals surface area contributed by atoms with E-state index in [1.165, 1.54) is 19.3 Å². The summed E-state index contributed by atoms with van der Waals surface area (Å²) >= 11 is 0. The molecule has 0 spiro atoms. The van der Waals surface area contributed by atoms with Gasteiger partial charge in [0.2, 0.25) is 0 Å². The van der Waals surface area contributed by atoms with Crippen LogP contribution in [0.5, 0.6) is 0 Å². The number of urea groups is 1. The van der Waals surface area contributed by atoms with E-state index in [0.29, 0.717) is 5.92 Å². The Bertz CT molecular complexity index is 253. The van der Waals surface area contributed by atoms with E-state index in [1.807, 2.05) is 0 Å². The largest absolute Gasteiger partial charge is 0.338 e. The third-order valence-corrected chi connectivity index (χ3v) is 3.78. The number of rotatable bonds is 3. The minimum Gasteiger partial charge on any atom is -0.338 e. The lowest BCUT2D eigenvalue weighted by molar-refractivity contribution is 0.154. The van der Waals surface area contributed by atoms with Crippen molar-refractivity contribution in [2.24, 2.45) is 5.92 Å². The third-order valence-electron chi connectivity index (χ3n) is 3.78. The summed E-state index contributed by atoms with van der Waals surface area (Å²) in [6.07, 6.45) is 4.90. The molecule has 2 amide bonds. The second-order valence-corrected chi connectivity index (χ2v) is 5.21. The molecule has 0 aromatic heterocycles. The van der Waals surface area contributed by atoms with Gasteiger partial charge in [0, 0.05) is 6.54 Å². The first kappa shape index (κ1) is 12.6. The summed E-state index contributed by atoms with van der Waals surface area (Å²) in [5.41, 5.74) is 0. The van der Waals surface area contributed by atoms with Crippen LogP contribution in [0.3, 0.4) is 0 Å². The van der Waals surface area contributed by atoms with Gasteiger partial charge in [-0.1, -0.05) is 0 Å². The highest BCUT2D eigenvalue weighted by Gasteiger charge is 2.21. The fourth-order valence-electron chi connectivity index (χ4n) is 2.59. The summed E-state index contributed by atoms with van der Waals surface area (Å²) in [4.78, 5) is 14.0. The van der Waals surface area contributed by atoms with Gasteiger partial charge in [-0.3, -0.25) is 4.90 Å². The minimum atomic E-state index is -0.0179. The first-order chi connectivity index (χ1) is 8.25. The molecule has 2 unspecified atom stereocenters. The summed E-state index contributed by atoms with van der Waals surface area (Å²) in [5, 5.41) is 9.33. The monoisotopic (exact) mass is 240 g/mol.